The van der Waals surface area contributed by atoms with E-state index >= 15 is 0 Å². The van der Waals surface area contributed by atoms with Crippen molar-refractivity contribution < 1.29 is 19.1 Å². The predicted octanol–water partition coefficient (Wildman–Crippen LogP) is 4.89. The van der Waals surface area contributed by atoms with Crippen LogP contribution in [0.2, 0.25) is 0 Å². The van der Waals surface area contributed by atoms with Crippen LogP contribution in [0.5, 0.6) is 0 Å². The molecule has 0 bridgehead atoms. The zero-order valence-corrected chi connectivity index (χ0v) is 19.4. The normalized spacial score (nSPS) is 16.3. The molecule has 7 heteroatoms. The van der Waals surface area contributed by atoms with E-state index in [1.54, 1.807) is 35.2 Å². The first-order valence-electron chi connectivity index (χ1n) is 10.9. The molecule has 1 saturated heterocycles. The number of benzene rings is 2. The summed E-state index contributed by atoms with van der Waals surface area (Å²) in [5, 5.41) is 4.71. The fourth-order valence-corrected chi connectivity index (χ4v) is 4.83. The molecule has 2 amide bonds. The van der Waals surface area contributed by atoms with Crippen molar-refractivity contribution in [2.45, 2.75) is 38.8 Å². The second kappa shape index (κ2) is 10.0. The molecular formula is C26H26N2O4S. The number of likely N-dealkylation sites (tertiary alicyclic amines) is 1. The molecule has 2 heterocycles. The number of carbonyl (C=O) groups is 3. The molecule has 6 nitrogen and oxygen atoms in total. The molecule has 1 N–H and O–H groups in total. The van der Waals surface area contributed by atoms with Gasteiger partial charge in [-0.05, 0) is 61.4 Å². The Kier molecular flexibility index (Phi) is 6.89. The van der Waals surface area contributed by atoms with Gasteiger partial charge in [0.1, 0.15) is 6.04 Å². The van der Waals surface area contributed by atoms with Crippen LogP contribution in [0.1, 0.15) is 45.3 Å². The summed E-state index contributed by atoms with van der Waals surface area (Å²) in [4.78, 5) is 41.4. The zero-order chi connectivity index (χ0) is 23.4. The second-order valence-electron chi connectivity index (χ2n) is 8.23. The Morgan fingerprint density at radius 3 is 2.42 bits per heavy atom. The van der Waals surface area contributed by atoms with Crippen LogP contribution in [0.4, 0.5) is 5.69 Å². The lowest BCUT2D eigenvalue weighted by Gasteiger charge is -2.25. The van der Waals surface area contributed by atoms with Gasteiger partial charge in [0.15, 0.2) is 0 Å². The average molecular weight is 463 g/mol. The van der Waals surface area contributed by atoms with Gasteiger partial charge in [0.25, 0.3) is 11.8 Å². The molecule has 0 unspecified atom stereocenters. The second-order valence-corrected chi connectivity index (χ2v) is 9.17. The van der Waals surface area contributed by atoms with Crippen molar-refractivity contribution in [3.8, 4) is 0 Å². The Morgan fingerprint density at radius 2 is 1.76 bits per heavy atom. The van der Waals surface area contributed by atoms with Crippen LogP contribution in [0.15, 0.2) is 66.0 Å². The van der Waals surface area contributed by atoms with Gasteiger partial charge in [-0.15, -0.1) is 11.3 Å². The highest BCUT2D eigenvalue weighted by Gasteiger charge is 2.38. The average Bonchev–Trinajstić information content (AvgIpc) is 3.49. The Labute approximate surface area is 197 Å². The van der Waals surface area contributed by atoms with E-state index in [4.69, 9.17) is 4.74 Å². The Hall–Kier alpha value is -3.45. The molecule has 0 aliphatic carbocycles. The molecule has 1 aliphatic heterocycles. The van der Waals surface area contributed by atoms with E-state index in [1.165, 1.54) is 11.3 Å². The number of rotatable bonds is 6. The first kappa shape index (κ1) is 22.7. The highest BCUT2D eigenvalue weighted by atomic mass is 32.1. The maximum atomic E-state index is 13.2. The number of hydrogen-bond donors (Lipinski definition) is 1. The minimum Gasteiger partial charge on any atom is -0.446 e. The molecule has 1 aliphatic rings. The smallest absolute Gasteiger partial charge is 0.329 e. The Bertz CT molecular complexity index is 1120. The maximum absolute atomic E-state index is 13.2. The van der Waals surface area contributed by atoms with Crippen molar-refractivity contribution in [3.05, 3.63) is 87.6 Å². The summed E-state index contributed by atoms with van der Waals surface area (Å²) in [5.41, 5.74) is 3.26. The van der Waals surface area contributed by atoms with Gasteiger partial charge in [0.2, 0.25) is 6.10 Å². The SMILES string of the molecule is Cc1cc(C)cc(NC(=O)[C@H](OC(=O)[C@@H]2CCCN2C(=O)c2cccs2)c2ccccc2)c1. The third kappa shape index (κ3) is 5.31. The molecule has 0 saturated carbocycles. The lowest BCUT2D eigenvalue weighted by Crippen LogP contribution is -2.42. The van der Waals surface area contributed by atoms with Gasteiger partial charge in [-0.1, -0.05) is 42.5 Å². The van der Waals surface area contributed by atoms with E-state index < -0.39 is 24.0 Å². The van der Waals surface area contributed by atoms with Crippen LogP contribution in [0, 0.1) is 13.8 Å². The van der Waals surface area contributed by atoms with Crippen LogP contribution in [0.25, 0.3) is 0 Å². The molecule has 1 fully saturated rings. The van der Waals surface area contributed by atoms with Gasteiger partial charge >= 0.3 is 5.97 Å². The predicted molar refractivity (Wildman–Crippen MR) is 128 cm³/mol. The van der Waals surface area contributed by atoms with Gasteiger partial charge in [-0.25, -0.2) is 4.79 Å². The standard InChI is InChI=1S/C26H26N2O4S/c1-17-14-18(2)16-20(15-17)27-24(29)23(19-8-4-3-5-9-19)32-26(31)21-10-6-12-28(21)25(30)22-11-7-13-33-22/h3-5,7-9,11,13-16,21,23H,6,10,12H2,1-2H3,(H,27,29)/t21-,23+/m0/s1. The van der Waals surface area contributed by atoms with Crippen LogP contribution in [-0.4, -0.2) is 35.3 Å². The molecule has 0 radical (unpaired) electrons. The van der Waals surface area contributed by atoms with E-state index in [9.17, 15) is 14.4 Å². The van der Waals surface area contributed by atoms with Crippen LogP contribution in [-0.2, 0) is 14.3 Å². The highest BCUT2D eigenvalue weighted by Crippen LogP contribution is 2.27. The van der Waals surface area contributed by atoms with Gasteiger partial charge in [-0.3, -0.25) is 9.59 Å². The first-order chi connectivity index (χ1) is 15.9. The van der Waals surface area contributed by atoms with Crippen LogP contribution >= 0.6 is 11.3 Å². The van der Waals surface area contributed by atoms with Crippen molar-refractivity contribution in [1.82, 2.24) is 4.90 Å². The largest absolute Gasteiger partial charge is 0.446 e. The molecule has 0 spiro atoms. The number of nitrogens with one attached hydrogen (secondary N) is 1. The highest BCUT2D eigenvalue weighted by molar-refractivity contribution is 7.12. The topological polar surface area (TPSA) is 75.7 Å². The van der Waals surface area contributed by atoms with E-state index in [2.05, 4.69) is 5.32 Å². The van der Waals surface area contributed by atoms with Crippen LogP contribution < -0.4 is 5.32 Å². The summed E-state index contributed by atoms with van der Waals surface area (Å²) in [6.45, 7) is 4.40. The number of amides is 2. The minimum absolute atomic E-state index is 0.180. The van der Waals surface area contributed by atoms with Crippen molar-refractivity contribution in [3.63, 3.8) is 0 Å². The zero-order valence-electron chi connectivity index (χ0n) is 18.6. The molecule has 2 atom stereocenters. The summed E-state index contributed by atoms with van der Waals surface area (Å²) >= 11 is 1.34. The van der Waals surface area contributed by atoms with E-state index in [0.29, 0.717) is 35.5 Å². The van der Waals surface area contributed by atoms with E-state index in [1.807, 2.05) is 49.6 Å². The van der Waals surface area contributed by atoms with Crippen LogP contribution in [0.3, 0.4) is 0 Å². The fraction of sp³-hybridized carbons (Fsp3) is 0.269. The van der Waals surface area contributed by atoms with Gasteiger partial charge in [0, 0.05) is 17.8 Å². The van der Waals surface area contributed by atoms with Crippen molar-refractivity contribution >= 4 is 34.8 Å². The summed E-state index contributed by atoms with van der Waals surface area (Å²) in [5.74, 6) is -1.18. The van der Waals surface area contributed by atoms with Gasteiger partial charge in [-0.2, -0.15) is 0 Å². The summed E-state index contributed by atoms with van der Waals surface area (Å²) in [7, 11) is 0. The van der Waals surface area contributed by atoms with Crippen molar-refractivity contribution in [2.24, 2.45) is 0 Å². The molecule has 170 valence electrons. The quantitative estimate of drug-likeness (QED) is 0.529. The lowest BCUT2D eigenvalue weighted by atomic mass is 10.1. The lowest BCUT2D eigenvalue weighted by molar-refractivity contribution is -0.158. The number of anilines is 1. The number of hydrogen-bond acceptors (Lipinski definition) is 5. The summed E-state index contributed by atoms with van der Waals surface area (Å²) in [6.07, 6.45) is 0.0939. The minimum atomic E-state index is -1.13. The van der Waals surface area contributed by atoms with E-state index in [-0.39, 0.29) is 5.91 Å². The maximum Gasteiger partial charge on any atom is 0.329 e. The van der Waals surface area contributed by atoms with Gasteiger partial charge < -0.3 is 15.0 Å². The van der Waals surface area contributed by atoms with Gasteiger partial charge in [0.05, 0.1) is 4.88 Å². The Balaban J connectivity index is 1.54. The third-order valence-corrected chi connectivity index (χ3v) is 6.44. The molecule has 33 heavy (non-hydrogen) atoms. The molecular weight excluding hydrogens is 436 g/mol. The number of ether oxygens (including phenoxy) is 1. The van der Waals surface area contributed by atoms with Crippen molar-refractivity contribution in [1.29, 1.82) is 0 Å². The molecule has 2 aromatic carbocycles. The van der Waals surface area contributed by atoms with E-state index in [0.717, 1.165) is 11.1 Å². The number of aryl methyl sites for hydroxylation is 2. The third-order valence-electron chi connectivity index (χ3n) is 5.58. The molecule has 3 aromatic rings. The monoisotopic (exact) mass is 462 g/mol. The fourth-order valence-electron chi connectivity index (χ4n) is 4.15. The Morgan fingerprint density at radius 1 is 1.03 bits per heavy atom. The molecule has 4 rings (SSSR count). The summed E-state index contributed by atoms with van der Waals surface area (Å²) in [6, 6.07) is 17.5. The molecule has 1 aromatic heterocycles. The number of esters is 1. The summed E-state index contributed by atoms with van der Waals surface area (Å²) < 4.78 is 5.77. The number of thiophene rings is 1. The number of carbonyl (C=O) groups excluding carboxylic acids is 3. The van der Waals surface area contributed by atoms with Crippen molar-refractivity contribution in [2.75, 3.05) is 11.9 Å². The first-order valence-corrected chi connectivity index (χ1v) is 11.8. The number of nitrogens with zero attached hydrogens (tertiary/aromatic N) is 1.